The van der Waals surface area contributed by atoms with Gasteiger partial charge in [-0.15, -0.1) is 0 Å². The zero-order chi connectivity index (χ0) is 15.9. The maximum Gasteiger partial charge on any atom is 0.305 e. The summed E-state index contributed by atoms with van der Waals surface area (Å²) in [6.07, 6.45) is 3.79. The van der Waals surface area contributed by atoms with E-state index in [0.717, 1.165) is 31.1 Å². The molecule has 3 nitrogen and oxygen atoms in total. The number of piperidine rings is 1. The highest BCUT2D eigenvalue weighted by Gasteiger charge is 2.21. The van der Waals surface area contributed by atoms with E-state index in [-0.39, 0.29) is 5.97 Å². The van der Waals surface area contributed by atoms with E-state index in [1.807, 2.05) is 13.0 Å². The van der Waals surface area contributed by atoms with Crippen molar-refractivity contribution in [3.05, 3.63) is 34.3 Å². The Balaban J connectivity index is 1.75. The van der Waals surface area contributed by atoms with Crippen LogP contribution < -0.4 is 0 Å². The SMILES string of the molecule is CCOC(=O)CCCN1CCC(c2ccc(Cl)cc2C)CC1. The lowest BCUT2D eigenvalue weighted by Crippen LogP contribution is -2.34. The third kappa shape index (κ3) is 4.99. The maximum absolute atomic E-state index is 11.3. The highest BCUT2D eigenvalue weighted by Crippen LogP contribution is 2.31. The second-order valence-corrected chi connectivity index (χ2v) is 6.46. The Hall–Kier alpha value is -1.06. The molecule has 122 valence electrons. The molecule has 2 rings (SSSR count). The molecule has 0 aliphatic carbocycles. The van der Waals surface area contributed by atoms with Crippen LogP contribution in [0.25, 0.3) is 0 Å². The summed E-state index contributed by atoms with van der Waals surface area (Å²) in [5.74, 6) is 0.563. The van der Waals surface area contributed by atoms with E-state index in [1.54, 1.807) is 0 Å². The number of benzene rings is 1. The van der Waals surface area contributed by atoms with Crippen LogP contribution in [-0.2, 0) is 9.53 Å². The molecule has 1 aliphatic rings. The van der Waals surface area contributed by atoms with Crippen molar-refractivity contribution in [1.29, 1.82) is 0 Å². The molecular weight excluding hydrogens is 298 g/mol. The van der Waals surface area contributed by atoms with Gasteiger partial charge >= 0.3 is 5.97 Å². The summed E-state index contributed by atoms with van der Waals surface area (Å²) in [6, 6.07) is 6.23. The van der Waals surface area contributed by atoms with Gasteiger partial charge in [0, 0.05) is 11.4 Å². The summed E-state index contributed by atoms with van der Waals surface area (Å²) in [5, 5.41) is 0.817. The van der Waals surface area contributed by atoms with Crippen molar-refractivity contribution in [2.75, 3.05) is 26.2 Å². The molecule has 22 heavy (non-hydrogen) atoms. The molecule has 0 saturated carbocycles. The molecule has 0 unspecified atom stereocenters. The van der Waals surface area contributed by atoms with Crippen LogP contribution >= 0.6 is 11.6 Å². The van der Waals surface area contributed by atoms with Gasteiger partial charge in [0.25, 0.3) is 0 Å². The minimum absolute atomic E-state index is 0.0748. The van der Waals surface area contributed by atoms with Crippen molar-refractivity contribution in [3.63, 3.8) is 0 Å². The predicted octanol–water partition coefficient (Wildman–Crippen LogP) is 4.17. The maximum atomic E-state index is 11.3. The molecule has 0 aromatic heterocycles. The average molecular weight is 324 g/mol. The van der Waals surface area contributed by atoms with Crippen LogP contribution in [0, 0.1) is 6.92 Å². The van der Waals surface area contributed by atoms with Crippen LogP contribution in [0.1, 0.15) is 49.7 Å². The number of rotatable bonds is 6. The number of aryl methyl sites for hydroxylation is 1. The Morgan fingerprint density at radius 1 is 1.36 bits per heavy atom. The highest BCUT2D eigenvalue weighted by atomic mass is 35.5. The number of hydrogen-bond acceptors (Lipinski definition) is 3. The average Bonchev–Trinajstić information content (AvgIpc) is 2.48. The van der Waals surface area contributed by atoms with Gasteiger partial charge in [-0.3, -0.25) is 4.79 Å². The van der Waals surface area contributed by atoms with Crippen LogP contribution in [0.5, 0.6) is 0 Å². The second-order valence-electron chi connectivity index (χ2n) is 6.03. The van der Waals surface area contributed by atoms with Crippen LogP contribution in [-0.4, -0.2) is 37.1 Å². The van der Waals surface area contributed by atoms with Crippen LogP contribution in [0.15, 0.2) is 18.2 Å². The first-order chi connectivity index (χ1) is 10.6. The van der Waals surface area contributed by atoms with Gasteiger partial charge in [0.05, 0.1) is 6.61 Å². The number of carbonyl (C=O) groups is 1. The Kier molecular flexibility index (Phi) is 6.71. The van der Waals surface area contributed by atoms with Crippen LogP contribution in [0.3, 0.4) is 0 Å². The van der Waals surface area contributed by atoms with E-state index in [2.05, 4.69) is 24.0 Å². The molecule has 1 aromatic rings. The van der Waals surface area contributed by atoms with Crippen molar-refractivity contribution in [2.24, 2.45) is 0 Å². The number of halogens is 1. The quantitative estimate of drug-likeness (QED) is 0.736. The van der Waals surface area contributed by atoms with Gasteiger partial charge in [-0.25, -0.2) is 0 Å². The first-order valence-electron chi connectivity index (χ1n) is 8.24. The monoisotopic (exact) mass is 323 g/mol. The van der Waals surface area contributed by atoms with Gasteiger partial charge in [-0.1, -0.05) is 17.7 Å². The predicted molar refractivity (Wildman–Crippen MR) is 90.5 cm³/mol. The van der Waals surface area contributed by atoms with Gasteiger partial charge < -0.3 is 9.64 Å². The van der Waals surface area contributed by atoms with Gasteiger partial charge in [-0.05, 0) is 81.9 Å². The molecule has 0 spiro atoms. The van der Waals surface area contributed by atoms with E-state index in [0.29, 0.717) is 18.9 Å². The van der Waals surface area contributed by atoms with E-state index >= 15 is 0 Å². The van der Waals surface area contributed by atoms with Gasteiger partial charge in [0.2, 0.25) is 0 Å². The van der Waals surface area contributed by atoms with Crippen molar-refractivity contribution in [3.8, 4) is 0 Å². The molecule has 0 amide bonds. The third-order valence-electron chi connectivity index (χ3n) is 4.42. The van der Waals surface area contributed by atoms with E-state index < -0.39 is 0 Å². The molecule has 1 fully saturated rings. The molecule has 1 aliphatic heterocycles. The molecule has 0 radical (unpaired) electrons. The molecule has 0 atom stereocenters. The molecule has 0 N–H and O–H groups in total. The standard InChI is InChI=1S/C18H26ClNO2/c1-3-22-18(21)5-4-10-20-11-8-15(9-12-20)17-7-6-16(19)13-14(17)2/h6-7,13,15H,3-5,8-12H2,1-2H3. The summed E-state index contributed by atoms with van der Waals surface area (Å²) >= 11 is 6.04. The summed E-state index contributed by atoms with van der Waals surface area (Å²) < 4.78 is 4.96. The summed E-state index contributed by atoms with van der Waals surface area (Å²) in [4.78, 5) is 13.8. The highest BCUT2D eigenvalue weighted by molar-refractivity contribution is 6.30. The number of nitrogens with zero attached hydrogens (tertiary/aromatic N) is 1. The molecule has 4 heteroatoms. The molecule has 1 aromatic carbocycles. The van der Waals surface area contributed by atoms with Crippen molar-refractivity contribution in [1.82, 2.24) is 4.90 Å². The second kappa shape index (κ2) is 8.54. The lowest BCUT2D eigenvalue weighted by Gasteiger charge is -2.32. The normalized spacial score (nSPS) is 16.7. The van der Waals surface area contributed by atoms with Gasteiger partial charge in [0.15, 0.2) is 0 Å². The Morgan fingerprint density at radius 2 is 2.09 bits per heavy atom. The number of likely N-dealkylation sites (tertiary alicyclic amines) is 1. The lowest BCUT2D eigenvalue weighted by atomic mass is 9.87. The van der Waals surface area contributed by atoms with Crippen molar-refractivity contribution in [2.45, 2.75) is 45.4 Å². The minimum atomic E-state index is -0.0748. The number of hydrogen-bond donors (Lipinski definition) is 0. The fraction of sp³-hybridized carbons (Fsp3) is 0.611. The Bertz CT molecular complexity index is 496. The summed E-state index contributed by atoms with van der Waals surface area (Å²) in [6.45, 7) is 7.68. The zero-order valence-corrected chi connectivity index (χ0v) is 14.4. The van der Waals surface area contributed by atoms with E-state index in [1.165, 1.54) is 24.0 Å². The van der Waals surface area contributed by atoms with Crippen LogP contribution in [0.2, 0.25) is 5.02 Å². The largest absolute Gasteiger partial charge is 0.466 e. The smallest absolute Gasteiger partial charge is 0.305 e. The third-order valence-corrected chi connectivity index (χ3v) is 4.65. The lowest BCUT2D eigenvalue weighted by molar-refractivity contribution is -0.143. The molecule has 1 saturated heterocycles. The number of ether oxygens (including phenoxy) is 1. The summed E-state index contributed by atoms with van der Waals surface area (Å²) in [5.41, 5.74) is 2.74. The van der Waals surface area contributed by atoms with E-state index in [4.69, 9.17) is 16.3 Å². The Labute approximate surface area is 138 Å². The zero-order valence-electron chi connectivity index (χ0n) is 13.6. The van der Waals surface area contributed by atoms with E-state index in [9.17, 15) is 4.79 Å². The summed E-state index contributed by atoms with van der Waals surface area (Å²) in [7, 11) is 0. The Morgan fingerprint density at radius 3 is 2.73 bits per heavy atom. The van der Waals surface area contributed by atoms with Crippen LogP contribution in [0.4, 0.5) is 0 Å². The number of esters is 1. The minimum Gasteiger partial charge on any atom is -0.466 e. The first-order valence-corrected chi connectivity index (χ1v) is 8.62. The molecular formula is C18H26ClNO2. The van der Waals surface area contributed by atoms with Gasteiger partial charge in [0.1, 0.15) is 0 Å². The fourth-order valence-electron chi connectivity index (χ4n) is 3.24. The topological polar surface area (TPSA) is 29.5 Å². The van der Waals surface area contributed by atoms with Crippen molar-refractivity contribution >= 4 is 17.6 Å². The molecule has 0 bridgehead atoms. The van der Waals surface area contributed by atoms with Gasteiger partial charge in [-0.2, -0.15) is 0 Å². The van der Waals surface area contributed by atoms with Crippen molar-refractivity contribution < 1.29 is 9.53 Å². The fourth-order valence-corrected chi connectivity index (χ4v) is 3.47. The first kappa shape index (κ1) is 17.3. The molecule has 1 heterocycles. The number of carbonyl (C=O) groups excluding carboxylic acids is 1.